The van der Waals surface area contributed by atoms with Crippen molar-refractivity contribution in [1.29, 1.82) is 0 Å². The molecule has 2 aromatic carbocycles. The molecule has 3 aromatic rings. The molecule has 0 radical (unpaired) electrons. The summed E-state index contributed by atoms with van der Waals surface area (Å²) < 4.78 is 0. The zero-order valence-electron chi connectivity index (χ0n) is 26.5. The molecule has 5 rings (SSSR count). The maximum Gasteiger partial charge on any atom is 0.253 e. The molecule has 1 aliphatic carbocycles. The van der Waals surface area contributed by atoms with Crippen LogP contribution in [0.4, 0.5) is 0 Å². The van der Waals surface area contributed by atoms with E-state index in [9.17, 15) is 19.2 Å². The van der Waals surface area contributed by atoms with Crippen molar-refractivity contribution >= 4 is 23.6 Å². The number of aromatic amines is 1. The fourth-order valence-electron chi connectivity index (χ4n) is 6.78. The van der Waals surface area contributed by atoms with Gasteiger partial charge in [-0.2, -0.15) is 5.21 Å². The summed E-state index contributed by atoms with van der Waals surface area (Å²) in [4.78, 5) is 55.7. The van der Waals surface area contributed by atoms with Gasteiger partial charge in [0.15, 0.2) is 5.82 Å². The standard InChI is InChI=1S/C32H41N9O4/c1-19(34-18-27(42)41-14-6-7-26(41)28(33)43)17-32(31-35-37-38-36-31)24-12-10-22(29(44)39(2)3)15-20(24)8-9-21-16-23(11-13-25(21)32)30(45)40(4)5/h10-13,15-16,19,26,34H,6-9,14,17-18H2,1-5H3,(H2,33,43)(H,35,36,37,38)/t19-,26-/m0/s1. The van der Waals surface area contributed by atoms with Gasteiger partial charge in [-0.25, -0.2) is 0 Å². The fraction of sp³-hybridized carbons (Fsp3) is 0.469. The summed E-state index contributed by atoms with van der Waals surface area (Å²) in [6, 6.07) is 10.6. The maximum absolute atomic E-state index is 13.2. The van der Waals surface area contributed by atoms with Crippen molar-refractivity contribution in [3.63, 3.8) is 0 Å². The minimum Gasteiger partial charge on any atom is -0.368 e. The monoisotopic (exact) mass is 615 g/mol. The number of amides is 4. The van der Waals surface area contributed by atoms with Crippen LogP contribution in [0.3, 0.4) is 0 Å². The van der Waals surface area contributed by atoms with Crippen molar-refractivity contribution in [3.05, 3.63) is 75.6 Å². The second-order valence-corrected chi connectivity index (χ2v) is 12.4. The van der Waals surface area contributed by atoms with Gasteiger partial charge < -0.3 is 25.8 Å². The van der Waals surface area contributed by atoms with Gasteiger partial charge >= 0.3 is 0 Å². The number of nitrogens with one attached hydrogen (secondary N) is 2. The van der Waals surface area contributed by atoms with E-state index in [1.807, 2.05) is 43.3 Å². The topological polar surface area (TPSA) is 171 Å². The Morgan fingerprint density at radius 3 is 2.07 bits per heavy atom. The molecule has 2 heterocycles. The van der Waals surface area contributed by atoms with E-state index in [-0.39, 0.29) is 30.3 Å². The number of fused-ring (bicyclic) bond motifs is 2. The van der Waals surface area contributed by atoms with Crippen molar-refractivity contribution in [2.75, 3.05) is 41.3 Å². The largest absolute Gasteiger partial charge is 0.368 e. The molecule has 4 amide bonds. The molecule has 13 heteroatoms. The lowest BCUT2D eigenvalue weighted by atomic mass is 9.67. The highest BCUT2D eigenvalue weighted by atomic mass is 16.2. The maximum atomic E-state index is 13.2. The SMILES string of the molecule is C[C@@H](CC1(c2nn[nH]n2)c2ccc(C(=O)N(C)C)cc2CCc2cc(C(=O)N(C)C)ccc21)NCC(=O)N1CCC[C@H]1C(N)=O. The quantitative estimate of drug-likeness (QED) is 0.319. The molecular formula is C32H41N9O4. The van der Waals surface area contributed by atoms with Crippen LogP contribution in [0.1, 0.15) is 75.0 Å². The fourth-order valence-corrected chi connectivity index (χ4v) is 6.78. The average molecular weight is 616 g/mol. The van der Waals surface area contributed by atoms with Gasteiger partial charge in [0.2, 0.25) is 11.8 Å². The Labute approximate surface area is 262 Å². The van der Waals surface area contributed by atoms with Gasteiger partial charge in [-0.05, 0) is 85.5 Å². The van der Waals surface area contributed by atoms with E-state index in [2.05, 4.69) is 25.9 Å². The molecule has 1 fully saturated rings. The number of tetrazole rings is 1. The van der Waals surface area contributed by atoms with E-state index in [1.165, 1.54) is 0 Å². The normalized spacial score (nSPS) is 17.5. The molecule has 4 N–H and O–H groups in total. The van der Waals surface area contributed by atoms with Gasteiger partial charge in [0.25, 0.3) is 11.8 Å². The van der Waals surface area contributed by atoms with Gasteiger partial charge in [-0.15, -0.1) is 10.2 Å². The zero-order valence-corrected chi connectivity index (χ0v) is 26.5. The smallest absolute Gasteiger partial charge is 0.253 e. The molecule has 1 aliphatic heterocycles. The van der Waals surface area contributed by atoms with E-state index in [1.54, 1.807) is 42.9 Å². The number of carbonyl (C=O) groups is 4. The van der Waals surface area contributed by atoms with Gasteiger partial charge in [0, 0.05) is 51.9 Å². The predicted octanol–water partition coefficient (Wildman–Crippen LogP) is 0.881. The summed E-state index contributed by atoms with van der Waals surface area (Å²) in [7, 11) is 6.89. The lowest BCUT2D eigenvalue weighted by Crippen LogP contribution is -2.48. The first-order chi connectivity index (χ1) is 21.4. The molecule has 0 spiro atoms. The van der Waals surface area contributed by atoms with Crippen molar-refractivity contribution in [2.24, 2.45) is 5.73 Å². The second kappa shape index (κ2) is 12.8. The van der Waals surface area contributed by atoms with E-state index in [0.29, 0.717) is 49.2 Å². The van der Waals surface area contributed by atoms with E-state index in [0.717, 1.165) is 28.7 Å². The summed E-state index contributed by atoms with van der Waals surface area (Å²) in [5.74, 6) is -0.437. The molecule has 0 unspecified atom stereocenters. The number of carbonyl (C=O) groups excluding carboxylic acids is 4. The molecule has 2 atom stereocenters. The van der Waals surface area contributed by atoms with Crippen LogP contribution in [0.25, 0.3) is 0 Å². The number of H-pyrrole nitrogens is 1. The van der Waals surface area contributed by atoms with Crippen LogP contribution in [-0.2, 0) is 27.8 Å². The van der Waals surface area contributed by atoms with Crippen LogP contribution in [0.15, 0.2) is 36.4 Å². The van der Waals surface area contributed by atoms with Crippen LogP contribution < -0.4 is 11.1 Å². The molecule has 0 saturated carbocycles. The minimum absolute atomic E-state index is 0.0273. The third-order valence-corrected chi connectivity index (χ3v) is 8.94. The van der Waals surface area contributed by atoms with Crippen LogP contribution in [-0.4, -0.2) is 112 Å². The van der Waals surface area contributed by atoms with Gasteiger partial charge in [0.05, 0.1) is 12.0 Å². The van der Waals surface area contributed by atoms with Crippen molar-refractivity contribution in [3.8, 4) is 0 Å². The van der Waals surface area contributed by atoms with Crippen LogP contribution >= 0.6 is 0 Å². The van der Waals surface area contributed by atoms with Crippen LogP contribution in [0, 0.1) is 0 Å². The van der Waals surface area contributed by atoms with E-state index >= 15 is 0 Å². The Morgan fingerprint density at radius 2 is 1.58 bits per heavy atom. The highest BCUT2D eigenvalue weighted by Gasteiger charge is 2.46. The Bertz CT molecular complexity index is 1530. The van der Waals surface area contributed by atoms with Gasteiger partial charge in [-0.3, -0.25) is 19.2 Å². The average Bonchev–Trinajstić information content (AvgIpc) is 3.72. The number of hydrogen-bond donors (Lipinski definition) is 3. The third-order valence-electron chi connectivity index (χ3n) is 8.94. The van der Waals surface area contributed by atoms with Gasteiger partial charge in [0.1, 0.15) is 6.04 Å². The number of hydrogen-bond acceptors (Lipinski definition) is 8. The Balaban J connectivity index is 1.59. The third kappa shape index (κ3) is 6.04. The first-order valence-corrected chi connectivity index (χ1v) is 15.2. The number of aryl methyl sites for hydroxylation is 2. The number of likely N-dealkylation sites (tertiary alicyclic amines) is 1. The Kier molecular flexibility index (Phi) is 9.01. The van der Waals surface area contributed by atoms with E-state index < -0.39 is 17.4 Å². The van der Waals surface area contributed by atoms with Crippen LogP contribution in [0.5, 0.6) is 0 Å². The first kappa shape index (κ1) is 31.8. The van der Waals surface area contributed by atoms with Crippen molar-refractivity contribution < 1.29 is 19.2 Å². The Hall–Kier alpha value is -4.65. The summed E-state index contributed by atoms with van der Waals surface area (Å²) in [6.07, 6.45) is 2.99. The number of nitrogens with zero attached hydrogens (tertiary/aromatic N) is 6. The summed E-state index contributed by atoms with van der Waals surface area (Å²) in [5, 5.41) is 19.0. The molecule has 13 nitrogen and oxygen atoms in total. The lowest BCUT2D eigenvalue weighted by Gasteiger charge is -2.36. The predicted molar refractivity (Wildman–Crippen MR) is 166 cm³/mol. The number of aromatic nitrogens is 4. The molecule has 2 aliphatic rings. The highest BCUT2D eigenvalue weighted by Crippen LogP contribution is 2.47. The number of nitrogens with two attached hydrogens (primary N) is 1. The lowest BCUT2D eigenvalue weighted by molar-refractivity contribution is -0.136. The molecule has 0 bridgehead atoms. The molecule has 1 aromatic heterocycles. The number of benzene rings is 2. The number of rotatable bonds is 9. The summed E-state index contributed by atoms with van der Waals surface area (Å²) >= 11 is 0. The second-order valence-electron chi connectivity index (χ2n) is 12.4. The first-order valence-electron chi connectivity index (χ1n) is 15.2. The zero-order chi connectivity index (χ0) is 32.5. The van der Waals surface area contributed by atoms with Crippen LogP contribution in [0.2, 0.25) is 0 Å². The Morgan fingerprint density at radius 1 is 1.00 bits per heavy atom. The summed E-state index contributed by atoms with van der Waals surface area (Å²) in [6.45, 7) is 2.51. The summed E-state index contributed by atoms with van der Waals surface area (Å²) in [5.41, 5.74) is 9.54. The van der Waals surface area contributed by atoms with Gasteiger partial charge in [-0.1, -0.05) is 17.3 Å². The molecule has 238 valence electrons. The number of primary amides is 1. The minimum atomic E-state index is -0.938. The van der Waals surface area contributed by atoms with E-state index in [4.69, 9.17) is 5.73 Å². The molecule has 1 saturated heterocycles. The molecule has 45 heavy (non-hydrogen) atoms. The van der Waals surface area contributed by atoms with Crippen molar-refractivity contribution in [2.45, 2.75) is 56.5 Å². The van der Waals surface area contributed by atoms with Crippen molar-refractivity contribution in [1.82, 2.24) is 40.6 Å². The molecular weight excluding hydrogens is 574 g/mol. The highest BCUT2D eigenvalue weighted by molar-refractivity contribution is 5.95.